The summed E-state index contributed by atoms with van der Waals surface area (Å²) in [6.45, 7) is 1.07. The molecule has 1 saturated carbocycles. The van der Waals surface area contributed by atoms with Gasteiger partial charge in [0.15, 0.2) is 0 Å². The highest BCUT2D eigenvalue weighted by atomic mass is 35.5. The van der Waals surface area contributed by atoms with Crippen LogP contribution in [0.4, 0.5) is 0 Å². The van der Waals surface area contributed by atoms with Crippen LogP contribution in [0.5, 0.6) is 5.75 Å². The minimum Gasteiger partial charge on any atom is -0.481 e. The maximum Gasteiger partial charge on any atom is 0.148 e. The molecule has 0 aromatic heterocycles. The summed E-state index contributed by atoms with van der Waals surface area (Å²) in [6, 6.07) is 6.26. The molecule has 1 aliphatic carbocycles. The number of hydrogen-bond donors (Lipinski definition) is 1. The van der Waals surface area contributed by atoms with Gasteiger partial charge in [0.1, 0.15) is 12.4 Å². The lowest BCUT2D eigenvalue weighted by atomic mass is 10.2. The van der Waals surface area contributed by atoms with Gasteiger partial charge in [-0.25, -0.2) is 0 Å². The number of nitrogens with one attached hydrogen (secondary N) is 1. The van der Waals surface area contributed by atoms with Crippen molar-refractivity contribution in [3.8, 4) is 18.1 Å². The van der Waals surface area contributed by atoms with E-state index in [-0.39, 0.29) is 19.0 Å². The van der Waals surface area contributed by atoms with Gasteiger partial charge in [0, 0.05) is 23.2 Å². The molecule has 1 aromatic carbocycles. The molecule has 0 amide bonds. The first-order chi connectivity index (χ1) is 7.79. The predicted octanol–water partition coefficient (Wildman–Crippen LogP) is 3.03. The summed E-state index contributed by atoms with van der Waals surface area (Å²) in [5.74, 6) is 3.27. The van der Waals surface area contributed by atoms with Gasteiger partial charge in [-0.2, -0.15) is 0 Å². The predicted molar refractivity (Wildman–Crippen MR) is 72.9 cm³/mol. The summed E-state index contributed by atoms with van der Waals surface area (Å²) >= 11 is 5.96. The Balaban J connectivity index is 0.00000144. The third-order valence-corrected chi connectivity index (χ3v) is 2.73. The molecule has 4 heteroatoms. The second-order valence-electron chi connectivity index (χ2n) is 3.90. The molecular weight excluding hydrogens is 257 g/mol. The zero-order chi connectivity index (χ0) is 11.4. The minimum atomic E-state index is 0. The van der Waals surface area contributed by atoms with Gasteiger partial charge in [-0.3, -0.25) is 0 Å². The molecule has 0 unspecified atom stereocenters. The second kappa shape index (κ2) is 6.76. The van der Waals surface area contributed by atoms with E-state index < -0.39 is 0 Å². The highest BCUT2D eigenvalue weighted by molar-refractivity contribution is 6.30. The Morgan fingerprint density at radius 3 is 2.88 bits per heavy atom. The van der Waals surface area contributed by atoms with Crippen molar-refractivity contribution < 1.29 is 4.74 Å². The first kappa shape index (κ1) is 14.2. The summed E-state index contributed by atoms with van der Waals surface area (Å²) in [6.07, 6.45) is 7.70. The largest absolute Gasteiger partial charge is 0.481 e. The number of ether oxygens (including phenoxy) is 1. The average molecular weight is 272 g/mol. The lowest BCUT2D eigenvalue weighted by Gasteiger charge is -2.10. The van der Waals surface area contributed by atoms with Crippen LogP contribution in [0.2, 0.25) is 5.02 Å². The number of rotatable bonds is 5. The molecular formula is C13H15Cl2NO. The van der Waals surface area contributed by atoms with Crippen molar-refractivity contribution in [2.45, 2.75) is 25.4 Å². The van der Waals surface area contributed by atoms with Gasteiger partial charge in [0.25, 0.3) is 0 Å². The van der Waals surface area contributed by atoms with Crippen LogP contribution in [0.15, 0.2) is 18.2 Å². The molecule has 1 fully saturated rings. The topological polar surface area (TPSA) is 21.3 Å². The summed E-state index contributed by atoms with van der Waals surface area (Å²) < 4.78 is 5.46. The van der Waals surface area contributed by atoms with Crippen LogP contribution in [0.1, 0.15) is 18.4 Å². The molecule has 17 heavy (non-hydrogen) atoms. The maximum atomic E-state index is 5.96. The van der Waals surface area contributed by atoms with Crippen molar-refractivity contribution in [2.75, 3.05) is 6.61 Å². The summed E-state index contributed by atoms with van der Waals surface area (Å²) in [5.41, 5.74) is 1.06. The molecule has 0 atom stereocenters. The normalized spacial score (nSPS) is 13.6. The van der Waals surface area contributed by atoms with Crippen LogP contribution in [-0.4, -0.2) is 12.6 Å². The molecule has 0 saturated heterocycles. The Labute approximate surface area is 113 Å². The monoisotopic (exact) mass is 271 g/mol. The van der Waals surface area contributed by atoms with Crippen molar-refractivity contribution in [1.29, 1.82) is 0 Å². The van der Waals surface area contributed by atoms with E-state index in [1.807, 2.05) is 18.2 Å². The minimum absolute atomic E-state index is 0. The molecule has 0 radical (unpaired) electrons. The van der Waals surface area contributed by atoms with Crippen molar-refractivity contribution >= 4 is 24.0 Å². The van der Waals surface area contributed by atoms with E-state index in [9.17, 15) is 0 Å². The van der Waals surface area contributed by atoms with Gasteiger partial charge in [0.2, 0.25) is 0 Å². The molecule has 0 heterocycles. The van der Waals surface area contributed by atoms with E-state index in [4.69, 9.17) is 22.8 Å². The lowest BCUT2D eigenvalue weighted by molar-refractivity contribution is 0.365. The van der Waals surface area contributed by atoms with E-state index in [1.165, 1.54) is 12.8 Å². The van der Waals surface area contributed by atoms with Crippen molar-refractivity contribution in [2.24, 2.45) is 0 Å². The average Bonchev–Trinajstić information content (AvgIpc) is 3.09. The molecule has 0 spiro atoms. The fourth-order valence-electron chi connectivity index (χ4n) is 1.49. The van der Waals surface area contributed by atoms with Gasteiger partial charge in [-0.15, -0.1) is 18.8 Å². The van der Waals surface area contributed by atoms with Crippen molar-refractivity contribution in [1.82, 2.24) is 5.32 Å². The standard InChI is InChI=1S/C13H14ClNO.ClH/c1-2-7-16-13-6-3-11(14)8-10(13)9-15-12-4-5-12;/h1,3,6,8,12,15H,4-5,7,9H2;1H. The number of halogens is 2. The Morgan fingerprint density at radius 1 is 1.47 bits per heavy atom. The number of terminal acetylenes is 1. The lowest BCUT2D eigenvalue weighted by Crippen LogP contribution is -2.16. The quantitative estimate of drug-likeness (QED) is 0.832. The first-order valence-corrected chi connectivity index (χ1v) is 5.75. The highest BCUT2D eigenvalue weighted by Gasteiger charge is 2.20. The van der Waals surface area contributed by atoms with Crippen LogP contribution in [0, 0.1) is 12.3 Å². The first-order valence-electron chi connectivity index (χ1n) is 5.37. The van der Waals surface area contributed by atoms with Crippen LogP contribution in [-0.2, 0) is 6.54 Å². The molecule has 1 N–H and O–H groups in total. The van der Waals surface area contributed by atoms with Crippen LogP contribution < -0.4 is 10.1 Å². The van der Waals surface area contributed by atoms with Crippen LogP contribution in [0.25, 0.3) is 0 Å². The summed E-state index contributed by atoms with van der Waals surface area (Å²) in [7, 11) is 0. The Bertz CT molecular complexity index is 410. The smallest absolute Gasteiger partial charge is 0.148 e. The van der Waals surface area contributed by atoms with E-state index >= 15 is 0 Å². The third-order valence-electron chi connectivity index (χ3n) is 2.49. The van der Waals surface area contributed by atoms with Crippen LogP contribution >= 0.6 is 24.0 Å². The molecule has 2 nitrogen and oxygen atoms in total. The molecule has 2 rings (SSSR count). The van der Waals surface area contributed by atoms with E-state index in [0.717, 1.165) is 22.9 Å². The van der Waals surface area contributed by atoms with Gasteiger partial charge in [-0.1, -0.05) is 17.5 Å². The zero-order valence-electron chi connectivity index (χ0n) is 9.41. The van der Waals surface area contributed by atoms with E-state index in [2.05, 4.69) is 11.2 Å². The molecule has 92 valence electrons. The molecule has 0 aliphatic heterocycles. The summed E-state index contributed by atoms with van der Waals surface area (Å²) in [4.78, 5) is 0. The van der Waals surface area contributed by atoms with Gasteiger partial charge in [0.05, 0.1) is 0 Å². The molecule has 1 aromatic rings. The Morgan fingerprint density at radius 2 is 2.24 bits per heavy atom. The maximum absolute atomic E-state index is 5.96. The van der Waals surface area contributed by atoms with E-state index in [1.54, 1.807) is 0 Å². The molecule has 1 aliphatic rings. The summed E-state index contributed by atoms with van der Waals surface area (Å²) in [5, 5.41) is 4.15. The highest BCUT2D eigenvalue weighted by Crippen LogP contribution is 2.25. The SMILES string of the molecule is C#CCOc1ccc(Cl)cc1CNC1CC1.Cl. The number of benzene rings is 1. The Kier molecular flexibility index (Phi) is 5.64. The van der Waals surface area contributed by atoms with Crippen LogP contribution in [0.3, 0.4) is 0 Å². The second-order valence-corrected chi connectivity index (χ2v) is 4.34. The Hall–Kier alpha value is -0.880. The van der Waals surface area contributed by atoms with Gasteiger partial charge >= 0.3 is 0 Å². The van der Waals surface area contributed by atoms with Gasteiger partial charge < -0.3 is 10.1 Å². The van der Waals surface area contributed by atoms with Crippen molar-refractivity contribution in [3.05, 3.63) is 28.8 Å². The molecule has 0 bridgehead atoms. The fourth-order valence-corrected chi connectivity index (χ4v) is 1.68. The van der Waals surface area contributed by atoms with Gasteiger partial charge in [-0.05, 0) is 31.0 Å². The fraction of sp³-hybridized carbons (Fsp3) is 0.385. The number of hydrogen-bond acceptors (Lipinski definition) is 2. The van der Waals surface area contributed by atoms with E-state index in [0.29, 0.717) is 6.04 Å². The third kappa shape index (κ3) is 4.47. The zero-order valence-corrected chi connectivity index (χ0v) is 11.0. The van der Waals surface area contributed by atoms with Crippen molar-refractivity contribution in [3.63, 3.8) is 0 Å².